The molecule has 0 fully saturated rings. The molecule has 3 aromatic rings. The summed E-state index contributed by atoms with van der Waals surface area (Å²) in [4.78, 5) is 24.9. The number of amides is 1. The number of nitrogens with zero attached hydrogens (tertiary/aromatic N) is 2. The lowest BCUT2D eigenvalue weighted by atomic mass is 10.1. The number of carbonyl (C=O) groups is 1. The second-order valence-electron chi connectivity index (χ2n) is 6.42. The van der Waals surface area contributed by atoms with E-state index >= 15 is 0 Å². The molecule has 142 valence electrons. The van der Waals surface area contributed by atoms with Crippen LogP contribution in [0.1, 0.15) is 11.1 Å². The number of hydrogen-bond acceptors (Lipinski definition) is 4. The second kappa shape index (κ2) is 6.67. The molecule has 1 amide bonds. The van der Waals surface area contributed by atoms with E-state index in [0.717, 1.165) is 11.1 Å². The molecule has 0 saturated carbocycles. The summed E-state index contributed by atoms with van der Waals surface area (Å²) in [6.07, 6.45) is 0. The van der Waals surface area contributed by atoms with E-state index in [1.165, 1.54) is 21.3 Å². The van der Waals surface area contributed by atoms with Gasteiger partial charge in [-0.3, -0.25) is 13.9 Å². The molecular formula is C18H20N4O4S. The number of sulfonamides is 1. The number of primary sulfonamides is 1. The predicted octanol–water partition coefficient (Wildman–Crippen LogP) is 1.24. The zero-order valence-electron chi connectivity index (χ0n) is 15.2. The maximum absolute atomic E-state index is 12.6. The quantitative estimate of drug-likeness (QED) is 0.699. The Morgan fingerprint density at radius 2 is 1.78 bits per heavy atom. The fourth-order valence-electron chi connectivity index (χ4n) is 2.97. The lowest BCUT2D eigenvalue weighted by Crippen LogP contribution is -2.28. The molecule has 0 aliphatic heterocycles. The van der Waals surface area contributed by atoms with Crippen molar-refractivity contribution in [3.63, 3.8) is 0 Å². The summed E-state index contributed by atoms with van der Waals surface area (Å²) in [5, 5.41) is 7.88. The van der Waals surface area contributed by atoms with Crippen molar-refractivity contribution in [2.75, 3.05) is 5.32 Å². The summed E-state index contributed by atoms with van der Waals surface area (Å²) in [5.74, 6) is -0.442. The Hall–Kier alpha value is -2.91. The first kappa shape index (κ1) is 18.9. The summed E-state index contributed by atoms with van der Waals surface area (Å²) >= 11 is 0. The highest BCUT2D eigenvalue weighted by Gasteiger charge is 2.16. The lowest BCUT2D eigenvalue weighted by Gasteiger charge is -2.13. The Labute approximate surface area is 156 Å². The summed E-state index contributed by atoms with van der Waals surface area (Å²) in [7, 11) is -2.26. The van der Waals surface area contributed by atoms with Crippen molar-refractivity contribution in [2.24, 2.45) is 12.2 Å². The maximum atomic E-state index is 12.6. The molecule has 1 aromatic heterocycles. The third kappa shape index (κ3) is 3.51. The number of nitrogens with one attached hydrogen (secondary N) is 1. The fraction of sp³-hybridized carbons (Fsp3) is 0.222. The SMILES string of the molecule is Cc1cc(S(N)(=O)=O)cc(NC(=O)Cn2c(=O)n(C)c3ccccc32)c1C. The van der Waals surface area contributed by atoms with Crippen LogP contribution < -0.4 is 16.1 Å². The van der Waals surface area contributed by atoms with Gasteiger partial charge in [-0.15, -0.1) is 0 Å². The van der Waals surface area contributed by atoms with Gasteiger partial charge in [-0.25, -0.2) is 18.4 Å². The lowest BCUT2D eigenvalue weighted by molar-refractivity contribution is -0.116. The third-order valence-corrected chi connectivity index (χ3v) is 5.49. The van der Waals surface area contributed by atoms with Crippen molar-refractivity contribution in [3.05, 3.63) is 58.0 Å². The van der Waals surface area contributed by atoms with E-state index in [9.17, 15) is 18.0 Å². The molecule has 0 spiro atoms. The summed E-state index contributed by atoms with van der Waals surface area (Å²) in [6.45, 7) is 3.30. The van der Waals surface area contributed by atoms with Gasteiger partial charge in [0.25, 0.3) is 0 Å². The third-order valence-electron chi connectivity index (χ3n) is 4.60. The van der Waals surface area contributed by atoms with E-state index in [1.807, 2.05) is 6.07 Å². The van der Waals surface area contributed by atoms with Crippen LogP contribution in [0.2, 0.25) is 0 Å². The highest BCUT2D eigenvalue weighted by molar-refractivity contribution is 7.89. The maximum Gasteiger partial charge on any atom is 0.329 e. The number of carbonyl (C=O) groups excluding carboxylic acids is 1. The Morgan fingerprint density at radius 1 is 1.15 bits per heavy atom. The molecule has 27 heavy (non-hydrogen) atoms. The fourth-order valence-corrected chi connectivity index (χ4v) is 3.59. The molecule has 0 bridgehead atoms. The average molecular weight is 388 g/mol. The molecule has 2 aromatic carbocycles. The van der Waals surface area contributed by atoms with Gasteiger partial charge in [-0.05, 0) is 49.2 Å². The van der Waals surface area contributed by atoms with Gasteiger partial charge in [0, 0.05) is 12.7 Å². The predicted molar refractivity (Wildman–Crippen MR) is 103 cm³/mol. The monoisotopic (exact) mass is 388 g/mol. The molecule has 0 aliphatic rings. The number of fused-ring (bicyclic) bond motifs is 1. The van der Waals surface area contributed by atoms with Crippen molar-refractivity contribution < 1.29 is 13.2 Å². The first-order chi connectivity index (χ1) is 12.6. The number of hydrogen-bond donors (Lipinski definition) is 2. The molecule has 0 unspecified atom stereocenters. The van der Waals surface area contributed by atoms with E-state index in [1.54, 1.807) is 39.1 Å². The normalized spacial score (nSPS) is 11.7. The molecule has 9 heteroatoms. The van der Waals surface area contributed by atoms with Crippen LogP contribution in [-0.4, -0.2) is 23.5 Å². The molecular weight excluding hydrogens is 368 g/mol. The average Bonchev–Trinajstić information content (AvgIpc) is 2.83. The number of aryl methyl sites for hydroxylation is 2. The van der Waals surface area contributed by atoms with E-state index in [2.05, 4.69) is 5.32 Å². The van der Waals surface area contributed by atoms with Crippen LogP contribution in [-0.2, 0) is 28.4 Å². The minimum atomic E-state index is -3.90. The topological polar surface area (TPSA) is 116 Å². The van der Waals surface area contributed by atoms with Gasteiger partial charge in [0.05, 0.1) is 15.9 Å². The van der Waals surface area contributed by atoms with Gasteiger partial charge >= 0.3 is 5.69 Å². The van der Waals surface area contributed by atoms with E-state index in [4.69, 9.17) is 5.14 Å². The minimum absolute atomic E-state index is 0.0803. The van der Waals surface area contributed by atoms with Gasteiger partial charge in [0.1, 0.15) is 6.54 Å². The van der Waals surface area contributed by atoms with Gasteiger partial charge in [0.2, 0.25) is 15.9 Å². The van der Waals surface area contributed by atoms with Crippen molar-refractivity contribution in [1.82, 2.24) is 9.13 Å². The number of imidazole rings is 1. The highest BCUT2D eigenvalue weighted by atomic mass is 32.2. The van der Waals surface area contributed by atoms with Crippen LogP contribution in [0.15, 0.2) is 46.1 Å². The molecule has 8 nitrogen and oxygen atoms in total. The summed E-state index contributed by atoms with van der Waals surface area (Å²) < 4.78 is 26.1. The van der Waals surface area contributed by atoms with Gasteiger partial charge in [-0.2, -0.15) is 0 Å². The molecule has 0 atom stereocenters. The molecule has 1 heterocycles. The van der Waals surface area contributed by atoms with Crippen LogP contribution in [0.5, 0.6) is 0 Å². The largest absolute Gasteiger partial charge is 0.329 e. The van der Waals surface area contributed by atoms with Crippen LogP contribution in [0, 0.1) is 13.8 Å². The number of benzene rings is 2. The van der Waals surface area contributed by atoms with Crippen molar-refractivity contribution >= 4 is 32.7 Å². The number of nitrogens with two attached hydrogens (primary N) is 1. The van der Waals surface area contributed by atoms with Crippen molar-refractivity contribution in [1.29, 1.82) is 0 Å². The molecule has 0 aliphatic carbocycles. The number of para-hydroxylation sites is 2. The Balaban J connectivity index is 1.95. The van der Waals surface area contributed by atoms with Gasteiger partial charge < -0.3 is 5.32 Å². The zero-order valence-corrected chi connectivity index (χ0v) is 16.0. The van der Waals surface area contributed by atoms with Gasteiger partial charge in [0.15, 0.2) is 0 Å². The van der Waals surface area contributed by atoms with E-state index in [0.29, 0.717) is 16.8 Å². The van der Waals surface area contributed by atoms with Crippen molar-refractivity contribution in [2.45, 2.75) is 25.3 Å². The molecule has 3 rings (SSSR count). The number of rotatable bonds is 4. The molecule has 0 saturated heterocycles. The zero-order chi connectivity index (χ0) is 19.9. The number of aromatic nitrogens is 2. The van der Waals surface area contributed by atoms with Crippen LogP contribution in [0.4, 0.5) is 5.69 Å². The first-order valence-corrected chi connectivity index (χ1v) is 9.72. The van der Waals surface area contributed by atoms with Crippen LogP contribution in [0.3, 0.4) is 0 Å². The number of anilines is 1. The summed E-state index contributed by atoms with van der Waals surface area (Å²) in [6, 6.07) is 9.95. The molecule has 3 N–H and O–H groups in total. The molecule has 0 radical (unpaired) electrons. The first-order valence-electron chi connectivity index (χ1n) is 8.17. The second-order valence-corrected chi connectivity index (χ2v) is 7.98. The Bertz CT molecular complexity index is 1220. The standard InChI is InChI=1S/C18H20N4O4S/c1-11-8-13(27(19,25)26)9-14(12(11)2)20-17(23)10-22-16-7-5-4-6-15(16)21(3)18(22)24/h4-9H,10H2,1-3H3,(H,20,23)(H2,19,25,26). The van der Waals surface area contributed by atoms with Gasteiger partial charge in [-0.1, -0.05) is 12.1 Å². The summed E-state index contributed by atoms with van der Waals surface area (Å²) in [5.41, 5.74) is 2.81. The highest BCUT2D eigenvalue weighted by Crippen LogP contribution is 2.23. The minimum Gasteiger partial charge on any atom is -0.324 e. The Kier molecular flexibility index (Phi) is 4.66. The van der Waals surface area contributed by atoms with E-state index < -0.39 is 15.9 Å². The van der Waals surface area contributed by atoms with Crippen molar-refractivity contribution in [3.8, 4) is 0 Å². The van der Waals surface area contributed by atoms with Crippen LogP contribution >= 0.6 is 0 Å². The smallest absolute Gasteiger partial charge is 0.324 e. The van der Waals surface area contributed by atoms with E-state index in [-0.39, 0.29) is 17.1 Å². The van der Waals surface area contributed by atoms with Crippen LogP contribution in [0.25, 0.3) is 11.0 Å². The Morgan fingerprint density at radius 3 is 2.41 bits per heavy atom.